The number of piperazine rings is 1. The third-order valence-corrected chi connectivity index (χ3v) is 5.96. The number of benzene rings is 2. The summed E-state index contributed by atoms with van der Waals surface area (Å²) in [7, 11) is 3.34. The Morgan fingerprint density at radius 3 is 2.27 bits per heavy atom. The van der Waals surface area contributed by atoms with Crippen LogP contribution in [0.15, 0.2) is 59.4 Å². The normalized spacial score (nSPS) is 13.7. The van der Waals surface area contributed by atoms with Crippen LogP contribution in [0.4, 0.5) is 10.5 Å². The van der Waals surface area contributed by atoms with Crippen molar-refractivity contribution in [3.63, 3.8) is 0 Å². The number of hydrogen-bond acceptors (Lipinski definition) is 4. The lowest BCUT2D eigenvalue weighted by Crippen LogP contribution is -2.51. The summed E-state index contributed by atoms with van der Waals surface area (Å²) < 4.78 is 8.44. The number of amides is 3. The van der Waals surface area contributed by atoms with Crippen LogP contribution in [0.2, 0.25) is 0 Å². The van der Waals surface area contributed by atoms with E-state index in [-0.39, 0.29) is 23.2 Å². The molecule has 0 bridgehead atoms. The Morgan fingerprint density at radius 2 is 1.61 bits per heavy atom. The average Bonchev–Trinajstić information content (AvgIpc) is 3.07. The molecule has 4 rings (SSSR count). The Morgan fingerprint density at radius 1 is 0.939 bits per heavy atom. The van der Waals surface area contributed by atoms with E-state index in [1.54, 1.807) is 59.8 Å². The van der Waals surface area contributed by atoms with Crippen LogP contribution < -0.4 is 15.6 Å². The van der Waals surface area contributed by atoms with Gasteiger partial charge < -0.3 is 19.9 Å². The minimum Gasteiger partial charge on any atom is -0.497 e. The molecule has 0 spiro atoms. The van der Waals surface area contributed by atoms with Crippen LogP contribution in [-0.4, -0.2) is 64.4 Å². The van der Waals surface area contributed by atoms with Crippen molar-refractivity contribution in [1.82, 2.24) is 19.2 Å². The molecule has 1 saturated heterocycles. The molecule has 172 valence electrons. The predicted molar refractivity (Wildman–Crippen MR) is 125 cm³/mol. The second-order valence-electron chi connectivity index (χ2n) is 7.88. The van der Waals surface area contributed by atoms with Gasteiger partial charge in [0.05, 0.1) is 18.5 Å². The molecule has 9 heteroatoms. The van der Waals surface area contributed by atoms with Crippen LogP contribution in [-0.2, 0) is 7.05 Å². The Balaban J connectivity index is 1.43. The number of methoxy groups -OCH3 is 1. The van der Waals surface area contributed by atoms with Crippen molar-refractivity contribution in [1.29, 1.82) is 0 Å². The molecule has 9 nitrogen and oxygen atoms in total. The number of nitrogens with zero attached hydrogens (tertiary/aromatic N) is 4. The van der Waals surface area contributed by atoms with Crippen LogP contribution >= 0.6 is 0 Å². The van der Waals surface area contributed by atoms with Crippen molar-refractivity contribution in [2.45, 2.75) is 6.92 Å². The summed E-state index contributed by atoms with van der Waals surface area (Å²) in [4.78, 5) is 42.1. The molecule has 1 aliphatic rings. The second-order valence-corrected chi connectivity index (χ2v) is 7.88. The summed E-state index contributed by atoms with van der Waals surface area (Å²) in [5.74, 6) is 0.525. The fraction of sp³-hybridized carbons (Fsp3) is 0.292. The number of rotatable bonds is 4. The van der Waals surface area contributed by atoms with Gasteiger partial charge in [0.1, 0.15) is 11.4 Å². The Bertz CT molecular complexity index is 1220. The first kappa shape index (κ1) is 22.2. The molecule has 0 atom stereocenters. The van der Waals surface area contributed by atoms with Crippen LogP contribution in [0.1, 0.15) is 16.1 Å². The molecule has 0 saturated carbocycles. The molecule has 2 heterocycles. The number of urea groups is 1. The van der Waals surface area contributed by atoms with E-state index < -0.39 is 0 Å². The lowest BCUT2D eigenvalue weighted by molar-refractivity contribution is 0.0671. The summed E-state index contributed by atoms with van der Waals surface area (Å²) >= 11 is 0. The summed E-state index contributed by atoms with van der Waals surface area (Å²) in [6, 6.07) is 15.9. The van der Waals surface area contributed by atoms with Gasteiger partial charge in [-0.3, -0.25) is 14.3 Å². The number of hydrogen-bond donors (Lipinski definition) is 1. The fourth-order valence-corrected chi connectivity index (χ4v) is 3.95. The maximum Gasteiger partial charge on any atom is 0.322 e. The van der Waals surface area contributed by atoms with Crippen LogP contribution in [0.3, 0.4) is 0 Å². The topological polar surface area (TPSA) is 88.8 Å². The summed E-state index contributed by atoms with van der Waals surface area (Å²) in [6.45, 7) is 3.36. The van der Waals surface area contributed by atoms with Gasteiger partial charge in [-0.2, -0.15) is 0 Å². The lowest BCUT2D eigenvalue weighted by Gasteiger charge is -2.34. The number of carbonyl (C=O) groups excluding carboxylic acids is 2. The Kier molecular flexibility index (Phi) is 6.21. The molecule has 0 aliphatic carbocycles. The van der Waals surface area contributed by atoms with E-state index in [9.17, 15) is 14.4 Å². The van der Waals surface area contributed by atoms with Gasteiger partial charge in [-0.1, -0.05) is 24.3 Å². The maximum atomic E-state index is 13.0. The summed E-state index contributed by atoms with van der Waals surface area (Å²) in [5, 5.41) is 2.78. The molecule has 1 fully saturated rings. The SMILES string of the molecule is COc1cccc(C(=O)N2CCN(C(=O)Nc3c(C)n(C)n(-c4ccccc4)c3=O)CC2)c1. The fourth-order valence-electron chi connectivity index (χ4n) is 3.95. The van der Waals surface area contributed by atoms with Crippen molar-refractivity contribution < 1.29 is 14.3 Å². The highest BCUT2D eigenvalue weighted by Crippen LogP contribution is 2.17. The molecule has 0 unspecified atom stereocenters. The summed E-state index contributed by atoms with van der Waals surface area (Å²) in [5.41, 5.74) is 1.89. The smallest absolute Gasteiger partial charge is 0.322 e. The maximum absolute atomic E-state index is 13.0. The standard InChI is InChI=1S/C24H27N5O4/c1-17-21(23(31)29(26(17)2)19-9-5-4-6-10-19)25-24(32)28-14-12-27(13-15-28)22(30)18-8-7-11-20(16-18)33-3/h4-11,16H,12-15H2,1-3H3,(H,25,32). The second kappa shape index (κ2) is 9.23. The largest absolute Gasteiger partial charge is 0.497 e. The predicted octanol–water partition coefficient (Wildman–Crippen LogP) is 2.48. The van der Waals surface area contributed by atoms with Crippen LogP contribution in [0, 0.1) is 6.92 Å². The molecular formula is C24H27N5O4. The monoisotopic (exact) mass is 449 g/mol. The third kappa shape index (κ3) is 4.34. The molecule has 2 aromatic carbocycles. The molecule has 1 N–H and O–H groups in total. The molecule has 0 radical (unpaired) electrons. The van der Waals surface area contributed by atoms with Gasteiger partial charge in [0.15, 0.2) is 0 Å². The highest BCUT2D eigenvalue weighted by atomic mass is 16.5. The number of ether oxygens (including phenoxy) is 1. The van der Waals surface area contributed by atoms with Crippen LogP contribution in [0.5, 0.6) is 5.75 Å². The number of carbonyl (C=O) groups is 2. The van der Waals surface area contributed by atoms with Gasteiger partial charge in [-0.05, 0) is 37.3 Å². The zero-order valence-electron chi connectivity index (χ0n) is 18.9. The molecular weight excluding hydrogens is 422 g/mol. The zero-order chi connectivity index (χ0) is 23.5. The molecule has 1 aliphatic heterocycles. The number of aromatic nitrogens is 2. The van der Waals surface area contributed by atoms with Crippen molar-refractivity contribution in [3.8, 4) is 11.4 Å². The van der Waals surface area contributed by atoms with E-state index in [4.69, 9.17) is 4.74 Å². The highest BCUT2D eigenvalue weighted by molar-refractivity contribution is 5.95. The summed E-state index contributed by atoms with van der Waals surface area (Å²) in [6.07, 6.45) is 0. The first-order valence-corrected chi connectivity index (χ1v) is 10.7. The minimum absolute atomic E-state index is 0.0985. The molecule has 3 amide bonds. The van der Waals surface area contributed by atoms with Gasteiger partial charge in [0.25, 0.3) is 11.5 Å². The van der Waals surface area contributed by atoms with Gasteiger partial charge in [-0.15, -0.1) is 0 Å². The highest BCUT2D eigenvalue weighted by Gasteiger charge is 2.27. The van der Waals surface area contributed by atoms with E-state index in [2.05, 4.69) is 5.32 Å². The molecule has 3 aromatic rings. The Labute approximate surface area is 191 Å². The first-order valence-electron chi connectivity index (χ1n) is 10.7. The van der Waals surface area contributed by atoms with Crippen LogP contribution in [0.25, 0.3) is 5.69 Å². The first-order chi connectivity index (χ1) is 15.9. The van der Waals surface area contributed by atoms with Gasteiger partial charge in [-0.25, -0.2) is 9.48 Å². The van der Waals surface area contributed by atoms with Gasteiger partial charge >= 0.3 is 6.03 Å². The number of nitrogens with one attached hydrogen (secondary N) is 1. The lowest BCUT2D eigenvalue weighted by atomic mass is 10.1. The molecule has 33 heavy (non-hydrogen) atoms. The average molecular weight is 450 g/mol. The van der Waals surface area contributed by atoms with E-state index in [0.29, 0.717) is 43.2 Å². The molecule has 1 aromatic heterocycles. The van der Waals surface area contributed by atoms with Gasteiger partial charge in [0.2, 0.25) is 0 Å². The third-order valence-electron chi connectivity index (χ3n) is 5.96. The number of para-hydroxylation sites is 1. The Hall–Kier alpha value is -4.01. The van der Waals surface area contributed by atoms with E-state index >= 15 is 0 Å². The van der Waals surface area contributed by atoms with Crippen molar-refractivity contribution in [2.75, 3.05) is 38.6 Å². The van der Waals surface area contributed by atoms with E-state index in [0.717, 1.165) is 5.69 Å². The quantitative estimate of drug-likeness (QED) is 0.663. The van der Waals surface area contributed by atoms with Crippen molar-refractivity contribution >= 4 is 17.6 Å². The van der Waals surface area contributed by atoms with E-state index in [1.165, 1.54) is 4.68 Å². The van der Waals surface area contributed by atoms with Gasteiger partial charge in [0, 0.05) is 38.8 Å². The van der Waals surface area contributed by atoms with Crippen molar-refractivity contribution in [3.05, 3.63) is 76.2 Å². The minimum atomic E-state index is -0.352. The van der Waals surface area contributed by atoms with Crippen molar-refractivity contribution in [2.24, 2.45) is 7.05 Å². The van der Waals surface area contributed by atoms with E-state index in [1.807, 2.05) is 30.3 Å². The number of anilines is 1. The zero-order valence-corrected chi connectivity index (χ0v) is 18.9.